The van der Waals surface area contributed by atoms with Gasteiger partial charge in [-0.1, -0.05) is 29.8 Å². The molecule has 24 heavy (non-hydrogen) atoms. The number of carbonyl (C=O) groups excluding carboxylic acids is 1. The maximum atomic E-state index is 12.0. The average Bonchev–Trinajstić information content (AvgIpc) is 3.14. The smallest absolute Gasteiger partial charge is 0.244 e. The first kappa shape index (κ1) is 16.0. The lowest BCUT2D eigenvalue weighted by Gasteiger charge is -2.06. The molecule has 0 fully saturated rings. The Labute approximate surface area is 144 Å². The number of pyridine rings is 1. The molecule has 120 valence electrons. The number of halogens is 1. The molecule has 4 nitrogen and oxygen atoms in total. The Balaban J connectivity index is 1.64. The predicted molar refractivity (Wildman–Crippen MR) is 94.3 cm³/mol. The number of hydrogen-bond acceptors (Lipinski definition) is 3. The van der Waals surface area contributed by atoms with E-state index < -0.39 is 0 Å². The molecule has 0 aliphatic rings. The zero-order valence-electron chi connectivity index (χ0n) is 12.8. The Kier molecular flexibility index (Phi) is 5.08. The van der Waals surface area contributed by atoms with Crippen molar-refractivity contribution >= 4 is 23.6 Å². The highest BCUT2D eigenvalue weighted by Crippen LogP contribution is 2.21. The van der Waals surface area contributed by atoms with E-state index in [1.165, 1.54) is 6.08 Å². The van der Waals surface area contributed by atoms with Crippen LogP contribution in [0.5, 0.6) is 0 Å². The van der Waals surface area contributed by atoms with Crippen molar-refractivity contribution in [1.82, 2.24) is 10.3 Å². The van der Waals surface area contributed by atoms with Crippen LogP contribution in [0.15, 0.2) is 71.5 Å². The number of amides is 1. The monoisotopic (exact) mass is 338 g/mol. The van der Waals surface area contributed by atoms with E-state index in [0.717, 1.165) is 16.8 Å². The standard InChI is InChI=1S/C19H15ClN2O2/c20-16-8-5-14(6-9-16)7-10-18(23)22-13-15-3-1-11-21-19(15)17-4-2-12-24-17/h1-12H,13H2,(H,22,23)/b10-7+. The van der Waals surface area contributed by atoms with E-state index in [0.29, 0.717) is 17.3 Å². The molecule has 2 heterocycles. The lowest BCUT2D eigenvalue weighted by molar-refractivity contribution is -0.116. The molecule has 5 heteroatoms. The van der Waals surface area contributed by atoms with Crippen LogP contribution in [0.1, 0.15) is 11.1 Å². The van der Waals surface area contributed by atoms with Gasteiger partial charge in [-0.2, -0.15) is 0 Å². The molecule has 0 unspecified atom stereocenters. The molecule has 0 aliphatic heterocycles. The normalized spacial score (nSPS) is 10.9. The second kappa shape index (κ2) is 7.62. The number of nitrogens with one attached hydrogen (secondary N) is 1. The third-order valence-electron chi connectivity index (χ3n) is 3.40. The fourth-order valence-corrected chi connectivity index (χ4v) is 2.33. The first-order valence-corrected chi connectivity index (χ1v) is 7.79. The second-order valence-electron chi connectivity index (χ2n) is 5.09. The van der Waals surface area contributed by atoms with Gasteiger partial charge in [0.25, 0.3) is 0 Å². The Morgan fingerprint density at radius 1 is 1.17 bits per heavy atom. The van der Waals surface area contributed by atoms with Crippen molar-refractivity contribution < 1.29 is 9.21 Å². The first-order chi connectivity index (χ1) is 11.7. The van der Waals surface area contributed by atoms with E-state index in [2.05, 4.69) is 10.3 Å². The second-order valence-corrected chi connectivity index (χ2v) is 5.53. The molecule has 0 radical (unpaired) electrons. The molecule has 2 aromatic heterocycles. The Hall–Kier alpha value is -2.85. The molecule has 1 N–H and O–H groups in total. The van der Waals surface area contributed by atoms with Crippen molar-refractivity contribution in [2.45, 2.75) is 6.54 Å². The van der Waals surface area contributed by atoms with E-state index in [4.69, 9.17) is 16.0 Å². The molecule has 3 rings (SSSR count). The third-order valence-corrected chi connectivity index (χ3v) is 3.65. The molecular formula is C19H15ClN2O2. The Bertz CT molecular complexity index is 840. The van der Waals surface area contributed by atoms with Gasteiger partial charge in [-0.25, -0.2) is 0 Å². The van der Waals surface area contributed by atoms with Crippen LogP contribution >= 0.6 is 11.6 Å². The zero-order valence-corrected chi connectivity index (χ0v) is 13.5. The summed E-state index contributed by atoms with van der Waals surface area (Å²) in [6.45, 7) is 0.369. The lowest BCUT2D eigenvalue weighted by Crippen LogP contribution is -2.20. The van der Waals surface area contributed by atoms with E-state index in [1.54, 1.807) is 36.7 Å². The van der Waals surface area contributed by atoms with Crippen LogP contribution in [0, 0.1) is 0 Å². The van der Waals surface area contributed by atoms with Gasteiger partial charge in [0.05, 0.1) is 6.26 Å². The van der Waals surface area contributed by atoms with E-state index in [9.17, 15) is 4.79 Å². The van der Waals surface area contributed by atoms with E-state index in [-0.39, 0.29) is 5.91 Å². The number of carbonyl (C=O) groups is 1. The first-order valence-electron chi connectivity index (χ1n) is 7.41. The average molecular weight is 339 g/mol. The van der Waals surface area contributed by atoms with E-state index in [1.807, 2.05) is 30.3 Å². The maximum Gasteiger partial charge on any atom is 0.244 e. The van der Waals surface area contributed by atoms with Crippen molar-refractivity contribution in [3.05, 3.63) is 83.2 Å². The van der Waals surface area contributed by atoms with Crippen LogP contribution in [0.25, 0.3) is 17.5 Å². The minimum absolute atomic E-state index is 0.181. The fraction of sp³-hybridized carbons (Fsp3) is 0.0526. The van der Waals surface area contributed by atoms with Gasteiger partial charge in [0.15, 0.2) is 5.76 Å². The third kappa shape index (κ3) is 4.12. The van der Waals surface area contributed by atoms with Gasteiger partial charge in [-0.05, 0) is 42.0 Å². The topological polar surface area (TPSA) is 55.1 Å². The highest BCUT2D eigenvalue weighted by Gasteiger charge is 2.09. The van der Waals surface area contributed by atoms with Crippen molar-refractivity contribution in [2.75, 3.05) is 0 Å². The number of aromatic nitrogens is 1. The molecule has 3 aromatic rings. The summed E-state index contributed by atoms with van der Waals surface area (Å²) in [6.07, 6.45) is 6.53. The summed E-state index contributed by atoms with van der Waals surface area (Å²) in [7, 11) is 0. The van der Waals surface area contributed by atoms with Crippen LogP contribution < -0.4 is 5.32 Å². The Morgan fingerprint density at radius 3 is 2.75 bits per heavy atom. The van der Waals surface area contributed by atoms with Gasteiger partial charge in [-0.3, -0.25) is 9.78 Å². The predicted octanol–water partition coefficient (Wildman–Crippen LogP) is 4.32. The number of hydrogen-bond donors (Lipinski definition) is 1. The van der Waals surface area contributed by atoms with Crippen LogP contribution in [0.4, 0.5) is 0 Å². The highest BCUT2D eigenvalue weighted by molar-refractivity contribution is 6.30. The summed E-state index contributed by atoms with van der Waals surface area (Å²) < 4.78 is 5.38. The molecule has 0 saturated heterocycles. The van der Waals surface area contributed by atoms with Crippen molar-refractivity contribution in [2.24, 2.45) is 0 Å². The van der Waals surface area contributed by atoms with Crippen molar-refractivity contribution in [3.8, 4) is 11.5 Å². The summed E-state index contributed by atoms with van der Waals surface area (Å²) in [5.74, 6) is 0.496. The van der Waals surface area contributed by atoms with Crippen LogP contribution in [-0.2, 0) is 11.3 Å². The minimum Gasteiger partial charge on any atom is -0.463 e. The number of benzene rings is 1. The minimum atomic E-state index is -0.181. The molecule has 0 saturated carbocycles. The molecule has 1 amide bonds. The molecule has 0 bridgehead atoms. The van der Waals surface area contributed by atoms with E-state index >= 15 is 0 Å². The largest absolute Gasteiger partial charge is 0.463 e. The summed E-state index contributed by atoms with van der Waals surface area (Å²) >= 11 is 5.83. The van der Waals surface area contributed by atoms with Crippen LogP contribution in [0.3, 0.4) is 0 Å². The summed E-state index contributed by atoms with van der Waals surface area (Å²) in [5, 5.41) is 3.51. The van der Waals surface area contributed by atoms with Gasteiger partial charge >= 0.3 is 0 Å². The summed E-state index contributed by atoms with van der Waals surface area (Å²) in [6, 6.07) is 14.7. The van der Waals surface area contributed by atoms with Crippen LogP contribution in [0.2, 0.25) is 5.02 Å². The number of nitrogens with zero attached hydrogens (tertiary/aromatic N) is 1. The molecular weight excluding hydrogens is 324 g/mol. The zero-order chi connectivity index (χ0) is 16.8. The van der Waals surface area contributed by atoms with Gasteiger partial charge in [0.1, 0.15) is 5.69 Å². The fourth-order valence-electron chi connectivity index (χ4n) is 2.20. The Morgan fingerprint density at radius 2 is 2.00 bits per heavy atom. The van der Waals surface area contributed by atoms with Crippen molar-refractivity contribution in [1.29, 1.82) is 0 Å². The van der Waals surface area contributed by atoms with Gasteiger partial charge in [0.2, 0.25) is 5.91 Å². The number of furan rings is 1. The van der Waals surface area contributed by atoms with Gasteiger partial charge < -0.3 is 9.73 Å². The molecule has 0 atom stereocenters. The van der Waals surface area contributed by atoms with Gasteiger partial charge in [0, 0.05) is 29.4 Å². The highest BCUT2D eigenvalue weighted by atomic mass is 35.5. The van der Waals surface area contributed by atoms with Crippen LogP contribution in [-0.4, -0.2) is 10.9 Å². The molecule has 0 aliphatic carbocycles. The summed E-state index contributed by atoms with van der Waals surface area (Å²) in [4.78, 5) is 16.3. The summed E-state index contributed by atoms with van der Waals surface area (Å²) in [5.41, 5.74) is 2.53. The SMILES string of the molecule is O=C(/C=C/c1ccc(Cl)cc1)NCc1cccnc1-c1ccco1. The lowest BCUT2D eigenvalue weighted by atomic mass is 10.1. The van der Waals surface area contributed by atoms with Gasteiger partial charge in [-0.15, -0.1) is 0 Å². The van der Waals surface area contributed by atoms with Crippen molar-refractivity contribution in [3.63, 3.8) is 0 Å². The maximum absolute atomic E-state index is 12.0. The quantitative estimate of drug-likeness (QED) is 0.705. The molecule has 1 aromatic carbocycles. The molecule has 0 spiro atoms. The number of rotatable bonds is 5.